The number of carboxylic acid groups (broad SMARTS) is 1. The minimum absolute atomic E-state index is 0.167. The van der Waals surface area contributed by atoms with Crippen molar-refractivity contribution in [3.63, 3.8) is 0 Å². The molecule has 1 atom stereocenters. The van der Waals surface area contributed by atoms with Gasteiger partial charge in [-0.15, -0.1) is 9.24 Å². The Bertz CT molecular complexity index is 485. The highest BCUT2D eigenvalue weighted by atomic mass is 31.0. The zero-order chi connectivity index (χ0) is 13.8. The molecule has 0 bridgehead atoms. The Labute approximate surface area is 114 Å². The maximum atomic E-state index is 12.0. The number of likely N-dealkylation sites (tertiary alicyclic amines) is 1. The van der Waals surface area contributed by atoms with Crippen LogP contribution in [-0.2, 0) is 0 Å². The predicted octanol–water partition coefficient (Wildman–Crippen LogP) is 2.26. The van der Waals surface area contributed by atoms with Crippen molar-refractivity contribution in [3.8, 4) is 0 Å². The monoisotopic (exact) mass is 280 g/mol. The van der Waals surface area contributed by atoms with E-state index < -0.39 is 5.97 Å². The van der Waals surface area contributed by atoms with Gasteiger partial charge in [-0.05, 0) is 36.7 Å². The topological polar surface area (TPSA) is 69.6 Å². The zero-order valence-corrected chi connectivity index (χ0v) is 11.7. The SMILES string of the molecule is O=C(O)c1cccc(NC(=O)N2CCC(P)CC2)c1. The first-order valence-corrected chi connectivity index (χ1v) is 6.88. The van der Waals surface area contributed by atoms with Gasteiger partial charge in [-0.3, -0.25) is 0 Å². The Balaban J connectivity index is 1.98. The van der Waals surface area contributed by atoms with Gasteiger partial charge in [0.05, 0.1) is 5.56 Å². The van der Waals surface area contributed by atoms with Gasteiger partial charge in [-0.2, -0.15) is 0 Å². The average Bonchev–Trinajstić information content (AvgIpc) is 2.39. The highest BCUT2D eigenvalue weighted by Crippen LogP contribution is 2.19. The third kappa shape index (κ3) is 3.67. The molecule has 0 saturated carbocycles. The first kappa shape index (κ1) is 13.8. The second-order valence-electron chi connectivity index (χ2n) is 4.64. The van der Waals surface area contributed by atoms with Crippen molar-refractivity contribution in [2.45, 2.75) is 18.5 Å². The van der Waals surface area contributed by atoms with Crippen molar-refractivity contribution in [2.24, 2.45) is 0 Å². The molecular weight excluding hydrogens is 263 g/mol. The Morgan fingerprint density at radius 1 is 1.32 bits per heavy atom. The van der Waals surface area contributed by atoms with Crippen molar-refractivity contribution in [2.75, 3.05) is 18.4 Å². The van der Waals surface area contributed by atoms with Gasteiger partial charge in [0.2, 0.25) is 0 Å². The van der Waals surface area contributed by atoms with E-state index in [-0.39, 0.29) is 11.6 Å². The van der Waals surface area contributed by atoms with Crippen LogP contribution in [0.2, 0.25) is 0 Å². The summed E-state index contributed by atoms with van der Waals surface area (Å²) in [5.41, 5.74) is 1.26. The third-order valence-corrected chi connectivity index (χ3v) is 3.85. The van der Waals surface area contributed by atoms with E-state index in [1.807, 2.05) is 0 Å². The molecule has 1 aliphatic heterocycles. The van der Waals surface area contributed by atoms with Gasteiger partial charge in [0.15, 0.2) is 0 Å². The second kappa shape index (κ2) is 6.02. The molecule has 0 radical (unpaired) electrons. The Kier molecular flexibility index (Phi) is 4.38. The number of piperidine rings is 1. The lowest BCUT2D eigenvalue weighted by Crippen LogP contribution is -2.41. The Hall–Kier alpha value is -1.61. The van der Waals surface area contributed by atoms with E-state index in [1.54, 1.807) is 17.0 Å². The van der Waals surface area contributed by atoms with Crippen LogP contribution >= 0.6 is 9.24 Å². The Morgan fingerprint density at radius 2 is 2.00 bits per heavy atom. The van der Waals surface area contributed by atoms with Crippen molar-refractivity contribution in [1.29, 1.82) is 0 Å². The van der Waals surface area contributed by atoms with Gasteiger partial charge in [-0.25, -0.2) is 9.59 Å². The molecular formula is C13H17N2O3P. The number of aromatic carboxylic acids is 1. The van der Waals surface area contributed by atoms with E-state index in [0.717, 1.165) is 25.9 Å². The van der Waals surface area contributed by atoms with Crippen LogP contribution in [0, 0.1) is 0 Å². The average molecular weight is 280 g/mol. The summed E-state index contributed by atoms with van der Waals surface area (Å²) >= 11 is 0. The summed E-state index contributed by atoms with van der Waals surface area (Å²) in [7, 11) is 2.78. The van der Waals surface area contributed by atoms with Crippen LogP contribution in [0.5, 0.6) is 0 Å². The summed E-state index contributed by atoms with van der Waals surface area (Å²) in [5, 5.41) is 11.6. The van der Waals surface area contributed by atoms with E-state index in [4.69, 9.17) is 5.11 Å². The molecule has 5 nitrogen and oxygen atoms in total. The van der Waals surface area contributed by atoms with E-state index in [1.165, 1.54) is 12.1 Å². The number of benzene rings is 1. The molecule has 2 amide bonds. The highest BCUT2D eigenvalue weighted by Gasteiger charge is 2.20. The molecule has 1 aromatic rings. The number of anilines is 1. The van der Waals surface area contributed by atoms with Crippen LogP contribution in [0.1, 0.15) is 23.2 Å². The number of amides is 2. The first-order valence-electron chi connectivity index (χ1n) is 6.21. The lowest BCUT2D eigenvalue weighted by atomic mass is 10.1. The van der Waals surface area contributed by atoms with Crippen LogP contribution in [0.25, 0.3) is 0 Å². The molecule has 0 aliphatic carbocycles. The summed E-state index contributed by atoms with van der Waals surface area (Å²) < 4.78 is 0. The fraction of sp³-hybridized carbons (Fsp3) is 0.385. The summed E-state index contributed by atoms with van der Waals surface area (Å²) in [6.45, 7) is 1.47. The summed E-state index contributed by atoms with van der Waals surface area (Å²) in [6, 6.07) is 6.10. The van der Waals surface area contributed by atoms with E-state index in [0.29, 0.717) is 11.3 Å². The molecule has 2 rings (SSSR count). The molecule has 2 N–H and O–H groups in total. The molecule has 1 unspecified atom stereocenters. The number of hydrogen-bond donors (Lipinski definition) is 2. The van der Waals surface area contributed by atoms with Crippen LogP contribution in [0.4, 0.5) is 10.5 Å². The highest BCUT2D eigenvalue weighted by molar-refractivity contribution is 7.17. The third-order valence-electron chi connectivity index (χ3n) is 3.19. The zero-order valence-electron chi connectivity index (χ0n) is 10.5. The number of nitrogens with zero attached hydrogens (tertiary/aromatic N) is 1. The van der Waals surface area contributed by atoms with Crippen LogP contribution in [-0.4, -0.2) is 40.8 Å². The van der Waals surface area contributed by atoms with E-state index >= 15 is 0 Å². The normalized spacial score (nSPS) is 16.2. The van der Waals surface area contributed by atoms with Gasteiger partial charge in [0, 0.05) is 18.8 Å². The van der Waals surface area contributed by atoms with Crippen LogP contribution < -0.4 is 5.32 Å². The quantitative estimate of drug-likeness (QED) is 0.816. The molecule has 1 aliphatic rings. The fourth-order valence-corrected chi connectivity index (χ4v) is 2.33. The molecule has 6 heteroatoms. The molecule has 0 spiro atoms. The minimum Gasteiger partial charge on any atom is -0.478 e. The molecule has 1 heterocycles. The van der Waals surface area contributed by atoms with Crippen molar-refractivity contribution >= 4 is 26.9 Å². The van der Waals surface area contributed by atoms with Crippen molar-refractivity contribution < 1.29 is 14.7 Å². The van der Waals surface area contributed by atoms with Gasteiger partial charge < -0.3 is 15.3 Å². The summed E-state index contributed by atoms with van der Waals surface area (Å²) in [6.07, 6.45) is 1.96. The van der Waals surface area contributed by atoms with Crippen molar-refractivity contribution in [1.82, 2.24) is 4.90 Å². The second-order valence-corrected chi connectivity index (χ2v) is 5.58. The summed E-state index contributed by atoms with van der Waals surface area (Å²) in [4.78, 5) is 24.6. The van der Waals surface area contributed by atoms with Crippen LogP contribution in [0.15, 0.2) is 24.3 Å². The van der Waals surface area contributed by atoms with E-state index in [9.17, 15) is 9.59 Å². The fourth-order valence-electron chi connectivity index (χ4n) is 2.04. The number of hydrogen-bond acceptors (Lipinski definition) is 2. The maximum Gasteiger partial charge on any atom is 0.335 e. The predicted molar refractivity (Wildman–Crippen MR) is 76.7 cm³/mol. The molecule has 1 aromatic carbocycles. The molecule has 0 aromatic heterocycles. The molecule has 1 saturated heterocycles. The van der Waals surface area contributed by atoms with E-state index in [2.05, 4.69) is 14.6 Å². The smallest absolute Gasteiger partial charge is 0.335 e. The van der Waals surface area contributed by atoms with Gasteiger partial charge >= 0.3 is 12.0 Å². The number of carboxylic acids is 1. The lowest BCUT2D eigenvalue weighted by Gasteiger charge is -2.30. The molecule has 1 fully saturated rings. The standard InChI is InChI=1S/C13H17N2O3P/c16-12(17)9-2-1-3-10(8-9)14-13(18)15-6-4-11(19)5-7-15/h1-3,8,11H,4-7,19H2,(H,14,18)(H,16,17). The minimum atomic E-state index is -1.00. The maximum absolute atomic E-state index is 12.0. The number of carbonyl (C=O) groups excluding carboxylic acids is 1. The first-order chi connectivity index (χ1) is 9.06. The van der Waals surface area contributed by atoms with Crippen LogP contribution in [0.3, 0.4) is 0 Å². The number of rotatable bonds is 2. The lowest BCUT2D eigenvalue weighted by molar-refractivity contribution is 0.0697. The number of carbonyl (C=O) groups is 2. The molecule has 19 heavy (non-hydrogen) atoms. The van der Waals surface area contributed by atoms with Gasteiger partial charge in [-0.1, -0.05) is 6.07 Å². The van der Waals surface area contributed by atoms with Gasteiger partial charge in [0.25, 0.3) is 0 Å². The van der Waals surface area contributed by atoms with Crippen molar-refractivity contribution in [3.05, 3.63) is 29.8 Å². The number of urea groups is 1. The largest absolute Gasteiger partial charge is 0.478 e. The van der Waals surface area contributed by atoms with Gasteiger partial charge in [0.1, 0.15) is 0 Å². The summed E-state index contributed by atoms with van der Waals surface area (Å²) in [5.74, 6) is -1.00. The molecule has 102 valence electrons. The number of nitrogens with one attached hydrogen (secondary N) is 1. The Morgan fingerprint density at radius 3 is 2.63 bits per heavy atom.